The SMILES string of the molecule is O=S(=O)(O[CH]Br)c1ccccc1. The molecule has 5 heteroatoms. The highest BCUT2D eigenvalue weighted by atomic mass is 79.9. The Morgan fingerprint density at radius 1 is 1.25 bits per heavy atom. The highest BCUT2D eigenvalue weighted by Crippen LogP contribution is 2.13. The molecule has 0 spiro atoms. The maximum absolute atomic E-state index is 11.1. The van der Waals surface area contributed by atoms with Crippen LogP contribution in [-0.4, -0.2) is 8.42 Å². The van der Waals surface area contributed by atoms with Gasteiger partial charge in [0.05, 0.1) is 4.90 Å². The summed E-state index contributed by atoms with van der Waals surface area (Å²) in [6.07, 6.45) is 0. The van der Waals surface area contributed by atoms with Crippen molar-refractivity contribution in [3.63, 3.8) is 0 Å². The lowest BCUT2D eigenvalue weighted by atomic mass is 10.4. The molecule has 1 aromatic carbocycles. The van der Waals surface area contributed by atoms with Crippen molar-refractivity contribution in [2.24, 2.45) is 0 Å². The molecule has 1 rings (SSSR count). The third-order valence-electron chi connectivity index (χ3n) is 1.19. The predicted molar refractivity (Wildman–Crippen MR) is 47.9 cm³/mol. The van der Waals surface area contributed by atoms with E-state index >= 15 is 0 Å². The van der Waals surface area contributed by atoms with Crippen LogP contribution < -0.4 is 0 Å². The summed E-state index contributed by atoms with van der Waals surface area (Å²) in [7, 11) is -3.61. The van der Waals surface area contributed by atoms with Gasteiger partial charge in [-0.2, -0.15) is 8.42 Å². The maximum Gasteiger partial charge on any atom is 0.298 e. The minimum atomic E-state index is -3.61. The van der Waals surface area contributed by atoms with Gasteiger partial charge < -0.3 is 0 Å². The monoisotopic (exact) mass is 249 g/mol. The largest absolute Gasteiger partial charge is 0.298 e. The van der Waals surface area contributed by atoms with Crippen LogP contribution in [0.3, 0.4) is 0 Å². The molecule has 0 aromatic heterocycles. The van der Waals surface area contributed by atoms with Gasteiger partial charge in [-0.15, -0.1) is 0 Å². The van der Waals surface area contributed by atoms with Crippen LogP contribution in [0.15, 0.2) is 35.2 Å². The molecule has 0 heterocycles. The molecule has 12 heavy (non-hydrogen) atoms. The standard InChI is InChI=1S/C7H6BrO3S/c8-6-11-12(9,10)7-4-2-1-3-5-7/h1-6H. The van der Waals surface area contributed by atoms with Crippen LogP contribution in [0.2, 0.25) is 0 Å². The third-order valence-corrected chi connectivity index (χ3v) is 2.83. The Morgan fingerprint density at radius 3 is 2.33 bits per heavy atom. The summed E-state index contributed by atoms with van der Waals surface area (Å²) < 4.78 is 26.7. The van der Waals surface area contributed by atoms with Crippen molar-refractivity contribution in [3.8, 4) is 0 Å². The van der Waals surface area contributed by atoms with Gasteiger partial charge in [0.15, 0.2) is 5.52 Å². The lowest BCUT2D eigenvalue weighted by molar-refractivity contribution is 0.430. The highest BCUT2D eigenvalue weighted by Gasteiger charge is 2.12. The van der Waals surface area contributed by atoms with Crippen LogP contribution in [-0.2, 0) is 14.3 Å². The van der Waals surface area contributed by atoms with Gasteiger partial charge in [-0.3, -0.25) is 0 Å². The van der Waals surface area contributed by atoms with E-state index in [0.29, 0.717) is 0 Å². The quantitative estimate of drug-likeness (QED) is 0.769. The van der Waals surface area contributed by atoms with E-state index in [2.05, 4.69) is 20.1 Å². The first-order chi connectivity index (χ1) is 5.67. The second kappa shape index (κ2) is 4.02. The van der Waals surface area contributed by atoms with E-state index in [4.69, 9.17) is 0 Å². The molecule has 0 unspecified atom stereocenters. The van der Waals surface area contributed by atoms with Gasteiger partial charge in [-0.1, -0.05) is 34.1 Å². The molecule has 65 valence electrons. The summed E-state index contributed by atoms with van der Waals surface area (Å²) in [6.45, 7) is 0. The molecule has 0 aliphatic heterocycles. The summed E-state index contributed by atoms with van der Waals surface area (Å²) in [5.74, 6) is 0. The molecule has 1 radical (unpaired) electrons. The minimum absolute atomic E-state index is 0.140. The van der Waals surface area contributed by atoms with E-state index < -0.39 is 10.1 Å². The van der Waals surface area contributed by atoms with E-state index in [9.17, 15) is 8.42 Å². The summed E-state index contributed by atoms with van der Waals surface area (Å²) in [5, 5.41) is 0. The average molecular weight is 250 g/mol. The second-order valence-corrected chi connectivity index (χ2v) is 3.90. The van der Waals surface area contributed by atoms with Gasteiger partial charge in [0.25, 0.3) is 10.1 Å². The van der Waals surface area contributed by atoms with Gasteiger partial charge in [0.2, 0.25) is 0 Å². The van der Waals surface area contributed by atoms with E-state index in [0.717, 1.165) is 5.52 Å². The van der Waals surface area contributed by atoms with E-state index in [1.54, 1.807) is 18.2 Å². The third kappa shape index (κ3) is 2.30. The fraction of sp³-hybridized carbons (Fsp3) is 0. The lowest BCUT2D eigenvalue weighted by Crippen LogP contribution is -2.02. The molecular formula is C7H6BrO3S. The first-order valence-electron chi connectivity index (χ1n) is 3.07. The van der Waals surface area contributed by atoms with Gasteiger partial charge in [-0.25, -0.2) is 4.18 Å². The molecular weight excluding hydrogens is 244 g/mol. The topological polar surface area (TPSA) is 43.4 Å². The smallest absolute Gasteiger partial charge is 0.248 e. The summed E-state index contributed by atoms with van der Waals surface area (Å²) in [4.78, 5) is 0.140. The second-order valence-electron chi connectivity index (χ2n) is 1.95. The number of benzene rings is 1. The van der Waals surface area contributed by atoms with Crippen molar-refractivity contribution >= 4 is 26.0 Å². The van der Waals surface area contributed by atoms with E-state index in [-0.39, 0.29) is 4.90 Å². The van der Waals surface area contributed by atoms with Crippen LogP contribution in [0, 0.1) is 5.52 Å². The molecule has 1 aromatic rings. The molecule has 0 N–H and O–H groups in total. The molecule has 0 saturated carbocycles. The zero-order valence-corrected chi connectivity index (χ0v) is 8.38. The lowest BCUT2D eigenvalue weighted by Gasteiger charge is -2.00. The molecule has 0 atom stereocenters. The minimum Gasteiger partial charge on any atom is -0.248 e. The van der Waals surface area contributed by atoms with Crippen molar-refractivity contribution in [2.75, 3.05) is 0 Å². The van der Waals surface area contributed by atoms with Crippen molar-refractivity contribution in [1.29, 1.82) is 0 Å². The van der Waals surface area contributed by atoms with Crippen molar-refractivity contribution in [2.45, 2.75) is 4.90 Å². The number of hydrogen-bond donors (Lipinski definition) is 0. The van der Waals surface area contributed by atoms with Crippen molar-refractivity contribution in [3.05, 3.63) is 35.8 Å². The first kappa shape index (κ1) is 9.70. The zero-order valence-electron chi connectivity index (χ0n) is 5.98. The molecule has 0 bridgehead atoms. The van der Waals surface area contributed by atoms with Crippen molar-refractivity contribution in [1.82, 2.24) is 0 Å². The molecule has 0 aliphatic rings. The molecule has 0 amide bonds. The Hall–Kier alpha value is -0.390. The zero-order chi connectivity index (χ0) is 9.03. The Labute approximate surface area is 79.6 Å². The highest BCUT2D eigenvalue weighted by molar-refractivity contribution is 9.10. The van der Waals surface area contributed by atoms with Gasteiger partial charge in [0, 0.05) is 0 Å². The van der Waals surface area contributed by atoms with E-state index in [1.165, 1.54) is 12.1 Å². The van der Waals surface area contributed by atoms with Crippen LogP contribution in [0.4, 0.5) is 0 Å². The molecule has 3 nitrogen and oxygen atoms in total. The maximum atomic E-state index is 11.1. The number of hydrogen-bond acceptors (Lipinski definition) is 3. The summed E-state index contributed by atoms with van der Waals surface area (Å²) in [5.41, 5.74) is 0.954. The number of rotatable bonds is 3. The van der Waals surface area contributed by atoms with Crippen LogP contribution in [0.5, 0.6) is 0 Å². The van der Waals surface area contributed by atoms with Crippen LogP contribution >= 0.6 is 15.9 Å². The Bertz CT molecular complexity index is 333. The van der Waals surface area contributed by atoms with E-state index in [1.807, 2.05) is 0 Å². The normalized spacial score (nSPS) is 11.4. The van der Waals surface area contributed by atoms with Crippen LogP contribution in [0.25, 0.3) is 0 Å². The predicted octanol–water partition coefficient (Wildman–Crippen LogP) is 1.91. The Morgan fingerprint density at radius 2 is 1.83 bits per heavy atom. The summed E-state index contributed by atoms with van der Waals surface area (Å²) >= 11 is 2.76. The fourth-order valence-corrected chi connectivity index (χ4v) is 1.99. The van der Waals surface area contributed by atoms with Gasteiger partial charge >= 0.3 is 0 Å². The molecule has 0 saturated heterocycles. The molecule has 0 fully saturated rings. The Kier molecular flexibility index (Phi) is 3.25. The summed E-state index contributed by atoms with van der Waals surface area (Å²) in [6, 6.07) is 7.92. The number of halogens is 1. The molecule has 0 aliphatic carbocycles. The van der Waals surface area contributed by atoms with Crippen LogP contribution in [0.1, 0.15) is 0 Å². The first-order valence-corrected chi connectivity index (χ1v) is 5.39. The Balaban J connectivity index is 2.99. The van der Waals surface area contributed by atoms with Gasteiger partial charge in [0.1, 0.15) is 0 Å². The van der Waals surface area contributed by atoms with Crippen molar-refractivity contribution < 1.29 is 12.6 Å². The van der Waals surface area contributed by atoms with Gasteiger partial charge in [-0.05, 0) is 12.1 Å². The fourth-order valence-electron chi connectivity index (χ4n) is 0.691. The average Bonchev–Trinajstić information content (AvgIpc) is 2.06.